The number of benzene rings is 2. The van der Waals surface area contributed by atoms with Crippen LogP contribution in [0.25, 0.3) is 11.3 Å². The molecule has 3 amide bonds. The maximum Gasteiger partial charge on any atom is 0.337 e. The van der Waals surface area contributed by atoms with E-state index in [1.807, 2.05) is 13.8 Å². The first-order valence-corrected chi connectivity index (χ1v) is 11.7. The van der Waals surface area contributed by atoms with Crippen LogP contribution in [0.5, 0.6) is 0 Å². The fraction of sp³-hybridized carbons (Fsp3) is 0.259. The summed E-state index contributed by atoms with van der Waals surface area (Å²) >= 11 is 0. The molecule has 0 spiro atoms. The van der Waals surface area contributed by atoms with E-state index in [-0.39, 0.29) is 23.2 Å². The van der Waals surface area contributed by atoms with Gasteiger partial charge in [-0.05, 0) is 60.7 Å². The summed E-state index contributed by atoms with van der Waals surface area (Å²) in [4.78, 5) is 42.4. The summed E-state index contributed by atoms with van der Waals surface area (Å²) in [6, 6.07) is 13.6. The van der Waals surface area contributed by atoms with E-state index >= 15 is 0 Å². The van der Waals surface area contributed by atoms with Gasteiger partial charge in [0, 0.05) is 29.7 Å². The van der Waals surface area contributed by atoms with Crippen LogP contribution in [-0.2, 0) is 4.79 Å². The number of carbonyl (C=O) groups is 3. The van der Waals surface area contributed by atoms with E-state index < -0.39 is 18.0 Å². The number of aromatic nitrogens is 1. The number of carboxylic acid groups (broad SMARTS) is 1. The van der Waals surface area contributed by atoms with Gasteiger partial charge in [0.1, 0.15) is 11.9 Å². The second kappa shape index (κ2) is 10.6. The number of nitrogens with zero attached hydrogens (tertiary/aromatic N) is 2. The van der Waals surface area contributed by atoms with Crippen LogP contribution in [0.4, 0.5) is 20.6 Å². The number of urea groups is 1. The highest BCUT2D eigenvalue weighted by Crippen LogP contribution is 2.25. The van der Waals surface area contributed by atoms with E-state index in [2.05, 4.69) is 15.6 Å². The largest absolute Gasteiger partial charge is 0.478 e. The van der Waals surface area contributed by atoms with Crippen LogP contribution in [0.3, 0.4) is 0 Å². The number of likely N-dealkylation sites (tertiary alicyclic amines) is 1. The predicted octanol–water partition coefficient (Wildman–Crippen LogP) is 5.34. The van der Waals surface area contributed by atoms with Gasteiger partial charge in [0.15, 0.2) is 0 Å². The lowest BCUT2D eigenvalue weighted by Gasteiger charge is -2.24. The standard InChI is InChI=1S/C27H27FN4O4/c1-16(2)21-11-10-20(14-22(21)28)31-27(36)32-13-3-4-24(32)25(33)30-19-8-5-17(6-9-19)23-12-7-18(15-29-23)26(34)35/h5-12,14-16,24H,3-4,13H2,1-2H3,(H,30,33)(H,31,36)(H,34,35)/t24-/m1/s1. The highest BCUT2D eigenvalue weighted by molar-refractivity contribution is 5.99. The van der Waals surface area contributed by atoms with Crippen molar-refractivity contribution in [2.24, 2.45) is 0 Å². The highest BCUT2D eigenvalue weighted by atomic mass is 19.1. The second-order valence-electron chi connectivity index (χ2n) is 8.98. The first kappa shape index (κ1) is 24.8. The number of carboxylic acids is 1. The van der Waals surface area contributed by atoms with Gasteiger partial charge in [0.2, 0.25) is 5.91 Å². The van der Waals surface area contributed by atoms with Crippen molar-refractivity contribution in [1.29, 1.82) is 0 Å². The quantitative estimate of drug-likeness (QED) is 0.432. The van der Waals surface area contributed by atoms with Crippen molar-refractivity contribution >= 4 is 29.3 Å². The van der Waals surface area contributed by atoms with Crippen molar-refractivity contribution in [1.82, 2.24) is 9.88 Å². The van der Waals surface area contributed by atoms with Crippen LogP contribution in [-0.4, -0.2) is 45.5 Å². The molecule has 0 unspecified atom stereocenters. The lowest BCUT2D eigenvalue weighted by atomic mass is 10.0. The number of anilines is 2. The van der Waals surface area contributed by atoms with Crippen molar-refractivity contribution in [2.45, 2.75) is 38.6 Å². The summed E-state index contributed by atoms with van der Waals surface area (Å²) < 4.78 is 14.3. The molecule has 2 heterocycles. The maximum absolute atomic E-state index is 14.3. The van der Waals surface area contributed by atoms with Crippen molar-refractivity contribution in [3.8, 4) is 11.3 Å². The zero-order chi connectivity index (χ0) is 25.8. The molecule has 0 saturated carbocycles. The Bertz CT molecular complexity index is 1280. The van der Waals surface area contributed by atoms with Crippen molar-refractivity contribution in [2.75, 3.05) is 17.2 Å². The molecule has 9 heteroatoms. The number of aromatic carboxylic acids is 1. The van der Waals surface area contributed by atoms with Crippen LogP contribution in [0, 0.1) is 5.82 Å². The van der Waals surface area contributed by atoms with Gasteiger partial charge in [0.25, 0.3) is 0 Å². The van der Waals surface area contributed by atoms with Crippen molar-refractivity contribution in [3.05, 3.63) is 77.7 Å². The fourth-order valence-electron chi connectivity index (χ4n) is 4.19. The Hall–Kier alpha value is -4.27. The number of rotatable bonds is 6. The average Bonchev–Trinajstić information content (AvgIpc) is 3.35. The van der Waals surface area contributed by atoms with Gasteiger partial charge in [-0.2, -0.15) is 0 Å². The third-order valence-electron chi connectivity index (χ3n) is 6.15. The Morgan fingerprint density at radius 1 is 1.03 bits per heavy atom. The molecule has 4 rings (SSSR count). The second-order valence-corrected chi connectivity index (χ2v) is 8.98. The molecule has 1 aliphatic rings. The zero-order valence-corrected chi connectivity index (χ0v) is 20.0. The van der Waals surface area contributed by atoms with Crippen molar-refractivity contribution in [3.63, 3.8) is 0 Å². The van der Waals surface area contributed by atoms with Crippen LogP contribution in [0.15, 0.2) is 60.8 Å². The number of hydrogen-bond acceptors (Lipinski definition) is 4. The molecule has 0 aliphatic carbocycles. The Kier molecular flexibility index (Phi) is 7.28. The third kappa shape index (κ3) is 5.51. The number of hydrogen-bond donors (Lipinski definition) is 3. The molecule has 1 aliphatic heterocycles. The lowest BCUT2D eigenvalue weighted by Crippen LogP contribution is -2.45. The van der Waals surface area contributed by atoms with Gasteiger partial charge in [-0.1, -0.05) is 32.0 Å². The molecule has 3 N–H and O–H groups in total. The molecular weight excluding hydrogens is 463 g/mol. The number of amides is 3. The maximum atomic E-state index is 14.3. The van der Waals surface area contributed by atoms with E-state index in [0.29, 0.717) is 42.0 Å². The first-order chi connectivity index (χ1) is 17.2. The monoisotopic (exact) mass is 490 g/mol. The molecule has 1 saturated heterocycles. The van der Waals surface area contributed by atoms with Gasteiger partial charge < -0.3 is 20.6 Å². The van der Waals surface area contributed by atoms with E-state index in [1.54, 1.807) is 42.5 Å². The summed E-state index contributed by atoms with van der Waals surface area (Å²) in [5.74, 6) is -1.70. The van der Waals surface area contributed by atoms with Gasteiger partial charge in [0.05, 0.1) is 11.3 Å². The minimum absolute atomic E-state index is 0.0317. The van der Waals surface area contributed by atoms with Gasteiger partial charge in [-0.25, -0.2) is 14.0 Å². The summed E-state index contributed by atoms with van der Waals surface area (Å²) in [6.07, 6.45) is 2.50. The Morgan fingerprint density at radius 2 is 1.75 bits per heavy atom. The molecule has 2 aromatic carbocycles. The smallest absolute Gasteiger partial charge is 0.337 e. The number of halogens is 1. The molecule has 8 nitrogen and oxygen atoms in total. The highest BCUT2D eigenvalue weighted by Gasteiger charge is 2.34. The van der Waals surface area contributed by atoms with E-state index in [9.17, 15) is 18.8 Å². The summed E-state index contributed by atoms with van der Waals surface area (Å²) in [5.41, 5.74) is 2.95. The van der Waals surface area contributed by atoms with Crippen LogP contribution in [0.1, 0.15) is 48.5 Å². The topological polar surface area (TPSA) is 112 Å². The zero-order valence-electron chi connectivity index (χ0n) is 20.0. The van der Waals surface area contributed by atoms with E-state index in [0.717, 1.165) is 5.56 Å². The van der Waals surface area contributed by atoms with Crippen LogP contribution >= 0.6 is 0 Å². The molecule has 186 valence electrons. The Balaban J connectivity index is 1.39. The fourth-order valence-corrected chi connectivity index (χ4v) is 4.19. The number of carbonyl (C=O) groups excluding carboxylic acids is 2. The summed E-state index contributed by atoms with van der Waals surface area (Å²) in [7, 11) is 0. The molecular formula is C27H27FN4O4. The number of nitrogens with one attached hydrogen (secondary N) is 2. The molecule has 36 heavy (non-hydrogen) atoms. The molecule has 1 aromatic heterocycles. The minimum Gasteiger partial charge on any atom is -0.478 e. The molecule has 3 aromatic rings. The normalized spacial score (nSPS) is 15.1. The average molecular weight is 491 g/mol. The Labute approximate surface area is 208 Å². The SMILES string of the molecule is CC(C)c1ccc(NC(=O)N2CCC[C@@H]2C(=O)Nc2ccc(-c3ccc(C(=O)O)cn3)cc2)cc1F. The van der Waals surface area contributed by atoms with Crippen LogP contribution < -0.4 is 10.6 Å². The van der Waals surface area contributed by atoms with Gasteiger partial charge in [-0.3, -0.25) is 9.78 Å². The predicted molar refractivity (Wildman–Crippen MR) is 134 cm³/mol. The van der Waals surface area contributed by atoms with Crippen LogP contribution in [0.2, 0.25) is 0 Å². The summed E-state index contributed by atoms with van der Waals surface area (Å²) in [6.45, 7) is 4.22. The molecule has 1 fully saturated rings. The lowest BCUT2D eigenvalue weighted by molar-refractivity contribution is -0.119. The minimum atomic E-state index is -1.04. The molecule has 0 bridgehead atoms. The van der Waals surface area contributed by atoms with E-state index in [1.165, 1.54) is 23.2 Å². The van der Waals surface area contributed by atoms with Gasteiger partial charge in [-0.15, -0.1) is 0 Å². The molecule has 0 radical (unpaired) electrons. The van der Waals surface area contributed by atoms with E-state index in [4.69, 9.17) is 5.11 Å². The Morgan fingerprint density at radius 3 is 2.36 bits per heavy atom. The first-order valence-electron chi connectivity index (χ1n) is 11.7. The summed E-state index contributed by atoms with van der Waals surface area (Å²) in [5, 5.41) is 14.5. The van der Waals surface area contributed by atoms with Crippen molar-refractivity contribution < 1.29 is 23.9 Å². The third-order valence-corrected chi connectivity index (χ3v) is 6.15. The number of pyridine rings is 1. The molecule has 1 atom stereocenters. The van der Waals surface area contributed by atoms with Gasteiger partial charge >= 0.3 is 12.0 Å².